The molecule has 0 spiro atoms. The van der Waals surface area contributed by atoms with Gasteiger partial charge >= 0.3 is 6.03 Å². The predicted octanol–water partition coefficient (Wildman–Crippen LogP) is 1.08. The summed E-state index contributed by atoms with van der Waals surface area (Å²) in [5.41, 5.74) is -0.166. The zero-order valence-corrected chi connectivity index (χ0v) is 10.2. The standard InChI is InChI=1S/C11H23N3O/c1-8-7-12-6-5-9(8)13-10(15)14-11(2,3)4/h8-9,12H,5-7H2,1-4H3,(H2,13,14,15). The molecule has 0 bridgehead atoms. The number of carbonyl (C=O) groups is 1. The third-order valence-electron chi connectivity index (χ3n) is 2.59. The Bertz CT molecular complexity index is 222. The average molecular weight is 213 g/mol. The van der Waals surface area contributed by atoms with Crippen molar-refractivity contribution in [2.24, 2.45) is 5.92 Å². The Labute approximate surface area is 92.2 Å². The van der Waals surface area contributed by atoms with Crippen LogP contribution in [0.2, 0.25) is 0 Å². The lowest BCUT2D eigenvalue weighted by atomic mass is 9.95. The first kappa shape index (κ1) is 12.3. The highest BCUT2D eigenvalue weighted by molar-refractivity contribution is 5.75. The number of piperidine rings is 1. The molecule has 1 aliphatic heterocycles. The monoisotopic (exact) mass is 213 g/mol. The van der Waals surface area contributed by atoms with Gasteiger partial charge in [-0.1, -0.05) is 6.92 Å². The van der Waals surface area contributed by atoms with Crippen LogP contribution in [0.15, 0.2) is 0 Å². The van der Waals surface area contributed by atoms with Crippen LogP contribution in [0, 0.1) is 5.92 Å². The van der Waals surface area contributed by atoms with Crippen molar-refractivity contribution in [2.45, 2.75) is 45.7 Å². The Morgan fingerprint density at radius 3 is 2.60 bits per heavy atom. The maximum atomic E-state index is 11.6. The number of hydrogen-bond acceptors (Lipinski definition) is 2. The van der Waals surface area contributed by atoms with E-state index in [1.165, 1.54) is 0 Å². The van der Waals surface area contributed by atoms with E-state index < -0.39 is 0 Å². The predicted molar refractivity (Wildman–Crippen MR) is 61.9 cm³/mol. The number of urea groups is 1. The highest BCUT2D eigenvalue weighted by Gasteiger charge is 2.23. The molecule has 4 heteroatoms. The number of rotatable bonds is 1. The van der Waals surface area contributed by atoms with Crippen molar-refractivity contribution < 1.29 is 4.79 Å². The SMILES string of the molecule is CC1CNCCC1NC(=O)NC(C)(C)C. The average Bonchev–Trinajstić information content (AvgIpc) is 2.05. The van der Waals surface area contributed by atoms with Crippen molar-refractivity contribution in [3.8, 4) is 0 Å². The summed E-state index contributed by atoms with van der Waals surface area (Å²) in [6.07, 6.45) is 1.01. The van der Waals surface area contributed by atoms with E-state index in [0.29, 0.717) is 12.0 Å². The second kappa shape index (κ2) is 4.84. The van der Waals surface area contributed by atoms with E-state index in [4.69, 9.17) is 0 Å². The van der Waals surface area contributed by atoms with E-state index in [9.17, 15) is 4.79 Å². The molecule has 1 aliphatic rings. The second-order valence-electron chi connectivity index (χ2n) is 5.43. The molecule has 1 fully saturated rings. The van der Waals surface area contributed by atoms with Crippen LogP contribution in [0.4, 0.5) is 4.79 Å². The molecule has 4 nitrogen and oxygen atoms in total. The van der Waals surface area contributed by atoms with E-state index >= 15 is 0 Å². The molecule has 1 saturated heterocycles. The summed E-state index contributed by atoms with van der Waals surface area (Å²) >= 11 is 0. The summed E-state index contributed by atoms with van der Waals surface area (Å²) in [5.74, 6) is 0.504. The summed E-state index contributed by atoms with van der Waals surface area (Å²) in [6, 6.07) is 0.245. The maximum Gasteiger partial charge on any atom is 0.315 e. The molecule has 88 valence electrons. The molecule has 1 rings (SSSR count). The zero-order valence-electron chi connectivity index (χ0n) is 10.2. The number of carbonyl (C=O) groups excluding carboxylic acids is 1. The van der Waals surface area contributed by atoms with Crippen LogP contribution < -0.4 is 16.0 Å². The van der Waals surface area contributed by atoms with Gasteiger partial charge in [0.2, 0.25) is 0 Å². The summed E-state index contributed by atoms with van der Waals surface area (Å²) in [6.45, 7) is 10.1. The third kappa shape index (κ3) is 4.51. The van der Waals surface area contributed by atoms with Gasteiger partial charge in [-0.25, -0.2) is 4.79 Å². The van der Waals surface area contributed by atoms with Gasteiger partial charge in [0.05, 0.1) is 0 Å². The van der Waals surface area contributed by atoms with E-state index in [1.807, 2.05) is 20.8 Å². The molecule has 0 aliphatic carbocycles. The fourth-order valence-corrected chi connectivity index (χ4v) is 1.77. The minimum Gasteiger partial charge on any atom is -0.335 e. The molecule has 3 N–H and O–H groups in total. The lowest BCUT2D eigenvalue weighted by molar-refractivity contribution is 0.216. The van der Waals surface area contributed by atoms with Gasteiger partial charge in [-0.15, -0.1) is 0 Å². The molecule has 0 radical (unpaired) electrons. The minimum absolute atomic E-state index is 0.0544. The first-order valence-electron chi connectivity index (χ1n) is 5.68. The molecular formula is C11H23N3O. The van der Waals surface area contributed by atoms with Crippen molar-refractivity contribution in [2.75, 3.05) is 13.1 Å². The molecule has 2 atom stereocenters. The third-order valence-corrected chi connectivity index (χ3v) is 2.59. The Kier molecular flexibility index (Phi) is 3.97. The van der Waals surface area contributed by atoms with E-state index in [-0.39, 0.29) is 11.6 Å². The van der Waals surface area contributed by atoms with Crippen molar-refractivity contribution in [3.63, 3.8) is 0 Å². The fraction of sp³-hybridized carbons (Fsp3) is 0.909. The van der Waals surface area contributed by atoms with Gasteiger partial charge in [0.25, 0.3) is 0 Å². The maximum absolute atomic E-state index is 11.6. The van der Waals surface area contributed by atoms with Crippen LogP contribution in [0.3, 0.4) is 0 Å². The Hall–Kier alpha value is -0.770. The summed E-state index contributed by atoms with van der Waals surface area (Å²) in [7, 11) is 0. The lowest BCUT2D eigenvalue weighted by Crippen LogP contribution is -2.54. The smallest absolute Gasteiger partial charge is 0.315 e. The molecule has 1 heterocycles. The van der Waals surface area contributed by atoms with Gasteiger partial charge in [0.1, 0.15) is 0 Å². The molecule has 0 aromatic heterocycles. The molecule has 0 saturated carbocycles. The summed E-state index contributed by atoms with van der Waals surface area (Å²) in [4.78, 5) is 11.6. The first-order chi connectivity index (χ1) is 6.88. The summed E-state index contributed by atoms with van der Waals surface area (Å²) in [5, 5.41) is 9.27. The highest BCUT2D eigenvalue weighted by Crippen LogP contribution is 2.10. The van der Waals surface area contributed by atoms with Crippen LogP contribution in [-0.2, 0) is 0 Å². The van der Waals surface area contributed by atoms with E-state index in [2.05, 4.69) is 22.9 Å². The number of amides is 2. The quantitative estimate of drug-likeness (QED) is 0.610. The molecule has 2 unspecified atom stereocenters. The Morgan fingerprint density at radius 1 is 1.40 bits per heavy atom. The van der Waals surface area contributed by atoms with Gasteiger partial charge in [-0.05, 0) is 46.2 Å². The van der Waals surface area contributed by atoms with Crippen LogP contribution in [0.1, 0.15) is 34.1 Å². The van der Waals surface area contributed by atoms with Crippen LogP contribution in [0.5, 0.6) is 0 Å². The fourth-order valence-electron chi connectivity index (χ4n) is 1.77. The number of nitrogens with one attached hydrogen (secondary N) is 3. The van der Waals surface area contributed by atoms with Crippen LogP contribution >= 0.6 is 0 Å². The summed E-state index contributed by atoms with van der Waals surface area (Å²) < 4.78 is 0. The van der Waals surface area contributed by atoms with Gasteiger partial charge in [-0.2, -0.15) is 0 Å². The van der Waals surface area contributed by atoms with Crippen molar-refractivity contribution in [1.29, 1.82) is 0 Å². The zero-order chi connectivity index (χ0) is 11.5. The molecule has 15 heavy (non-hydrogen) atoms. The Morgan fingerprint density at radius 2 is 2.07 bits per heavy atom. The normalized spacial score (nSPS) is 27.2. The van der Waals surface area contributed by atoms with E-state index in [0.717, 1.165) is 19.5 Å². The Balaban J connectivity index is 2.36. The lowest BCUT2D eigenvalue weighted by Gasteiger charge is -2.31. The molecule has 0 aromatic rings. The van der Waals surface area contributed by atoms with Crippen molar-refractivity contribution in [1.82, 2.24) is 16.0 Å². The molecule has 0 aromatic carbocycles. The topological polar surface area (TPSA) is 53.2 Å². The van der Waals surface area contributed by atoms with Gasteiger partial charge in [0.15, 0.2) is 0 Å². The number of hydrogen-bond donors (Lipinski definition) is 3. The largest absolute Gasteiger partial charge is 0.335 e. The van der Waals surface area contributed by atoms with Crippen molar-refractivity contribution in [3.05, 3.63) is 0 Å². The van der Waals surface area contributed by atoms with E-state index in [1.54, 1.807) is 0 Å². The highest BCUT2D eigenvalue weighted by atomic mass is 16.2. The van der Waals surface area contributed by atoms with Gasteiger partial charge < -0.3 is 16.0 Å². The first-order valence-corrected chi connectivity index (χ1v) is 5.68. The van der Waals surface area contributed by atoms with Crippen LogP contribution in [-0.4, -0.2) is 30.7 Å². The minimum atomic E-state index is -0.166. The molecular weight excluding hydrogens is 190 g/mol. The van der Waals surface area contributed by atoms with Gasteiger partial charge in [0, 0.05) is 11.6 Å². The van der Waals surface area contributed by atoms with Crippen LogP contribution in [0.25, 0.3) is 0 Å². The van der Waals surface area contributed by atoms with Crippen molar-refractivity contribution >= 4 is 6.03 Å². The second-order valence-corrected chi connectivity index (χ2v) is 5.43. The van der Waals surface area contributed by atoms with Gasteiger partial charge in [-0.3, -0.25) is 0 Å². The molecule has 2 amide bonds.